The van der Waals surface area contributed by atoms with Crippen LogP contribution in [0.2, 0.25) is 0 Å². The molecule has 150 valence electrons. The smallest absolute Gasteiger partial charge is 0.334 e. The van der Waals surface area contributed by atoms with Crippen LogP contribution in [-0.4, -0.2) is 58.4 Å². The first kappa shape index (κ1) is 16.6. The number of carbonyl (C=O) groups is 1. The molecule has 0 unspecified atom stereocenters. The van der Waals surface area contributed by atoms with Gasteiger partial charge in [-0.15, -0.1) is 6.58 Å². The van der Waals surface area contributed by atoms with Crippen LogP contribution < -0.4 is 0 Å². The minimum atomic E-state index is -1.29. The van der Waals surface area contributed by atoms with Crippen molar-refractivity contribution < 1.29 is 28.8 Å². The second kappa shape index (κ2) is 4.15. The van der Waals surface area contributed by atoms with Gasteiger partial charge in [0.1, 0.15) is 35.6 Å². The van der Waals surface area contributed by atoms with Crippen LogP contribution in [-0.2, 0) is 23.7 Å². The molecule has 7 aliphatic rings. The van der Waals surface area contributed by atoms with Gasteiger partial charge in [0.25, 0.3) is 0 Å². The second-order valence-electron chi connectivity index (χ2n) is 10.4. The summed E-state index contributed by atoms with van der Waals surface area (Å²) in [6, 6.07) is 0. The quantitative estimate of drug-likeness (QED) is 0.441. The number of esters is 1. The Bertz CT molecular complexity index is 909. The van der Waals surface area contributed by atoms with E-state index in [0.29, 0.717) is 13.0 Å². The third-order valence-electron chi connectivity index (χ3n) is 9.58. The largest absolute Gasteiger partial charge is 0.458 e. The lowest BCUT2D eigenvalue weighted by Crippen LogP contribution is -2.74. The van der Waals surface area contributed by atoms with Crippen molar-refractivity contribution in [2.45, 2.75) is 80.7 Å². The van der Waals surface area contributed by atoms with Crippen LogP contribution in [0.3, 0.4) is 0 Å². The van der Waals surface area contributed by atoms with Crippen LogP contribution in [0.1, 0.15) is 40.0 Å². The standard InChI is InChI=1S/C22H26O6/c1-5-19(24)20(10(2)3)15(27-20)16-22(28-16)18(4)7-6-11-12(9-25-17(11)23)13(18)8-14-21(19,22)26-14/h5,10,13-16,24H,1,6-9H2,2-4H3/t13-,14-,15-,16-,18-,19-,20-,21+,22+/m0/s1. The Morgan fingerprint density at radius 1 is 1.21 bits per heavy atom. The van der Waals surface area contributed by atoms with Crippen molar-refractivity contribution >= 4 is 5.97 Å². The molecule has 28 heavy (non-hydrogen) atoms. The predicted molar refractivity (Wildman–Crippen MR) is 96.2 cm³/mol. The molecule has 1 N–H and O–H groups in total. The van der Waals surface area contributed by atoms with Gasteiger partial charge >= 0.3 is 5.97 Å². The van der Waals surface area contributed by atoms with E-state index in [2.05, 4.69) is 27.4 Å². The summed E-state index contributed by atoms with van der Waals surface area (Å²) in [4.78, 5) is 12.2. The summed E-state index contributed by atoms with van der Waals surface area (Å²) < 4.78 is 24.7. The summed E-state index contributed by atoms with van der Waals surface area (Å²) in [5.74, 6) is 0.133. The van der Waals surface area contributed by atoms with Gasteiger partial charge in [0.2, 0.25) is 0 Å². The summed E-state index contributed by atoms with van der Waals surface area (Å²) in [6.45, 7) is 10.8. The van der Waals surface area contributed by atoms with E-state index in [4.69, 9.17) is 18.9 Å². The van der Waals surface area contributed by atoms with Crippen molar-refractivity contribution in [3.8, 4) is 0 Å². The molecule has 3 aliphatic carbocycles. The maximum Gasteiger partial charge on any atom is 0.334 e. The lowest BCUT2D eigenvalue weighted by Gasteiger charge is -2.56. The van der Waals surface area contributed by atoms with Crippen molar-refractivity contribution in [1.29, 1.82) is 0 Å². The van der Waals surface area contributed by atoms with E-state index in [1.54, 1.807) is 6.08 Å². The summed E-state index contributed by atoms with van der Waals surface area (Å²) in [6.07, 6.45) is 3.63. The summed E-state index contributed by atoms with van der Waals surface area (Å²) in [7, 11) is 0. The molecule has 0 amide bonds. The van der Waals surface area contributed by atoms with Gasteiger partial charge in [0.05, 0.1) is 6.10 Å². The maximum absolute atomic E-state index is 12.2. The van der Waals surface area contributed by atoms with Gasteiger partial charge in [-0.05, 0) is 36.7 Å². The molecular weight excluding hydrogens is 360 g/mol. The monoisotopic (exact) mass is 386 g/mol. The van der Waals surface area contributed by atoms with E-state index in [1.165, 1.54) is 0 Å². The molecule has 4 aliphatic heterocycles. The SMILES string of the molecule is C=C[C@@]1(O)[C@]23O[C@H]2C[C@H]2C4=C(CC[C@]2(C)[C@@]32O[C@H]2[C@@H]2O[C@@]21C(C)C)C(=O)OC4. The molecule has 2 saturated carbocycles. The highest BCUT2D eigenvalue weighted by atomic mass is 16.7. The van der Waals surface area contributed by atoms with Crippen LogP contribution >= 0.6 is 0 Å². The van der Waals surface area contributed by atoms with Gasteiger partial charge in [-0.25, -0.2) is 4.79 Å². The highest BCUT2D eigenvalue weighted by Crippen LogP contribution is 2.85. The Kier molecular flexibility index (Phi) is 2.46. The van der Waals surface area contributed by atoms with Crippen LogP contribution in [0.5, 0.6) is 0 Å². The number of ether oxygens (including phenoxy) is 4. The molecular formula is C22H26O6. The number of rotatable bonds is 2. The molecule has 4 heterocycles. The van der Waals surface area contributed by atoms with Crippen LogP contribution in [0.15, 0.2) is 23.8 Å². The molecule has 0 aromatic carbocycles. The van der Waals surface area contributed by atoms with Crippen LogP contribution in [0, 0.1) is 17.3 Å². The Morgan fingerprint density at radius 2 is 2.00 bits per heavy atom. The molecule has 6 nitrogen and oxygen atoms in total. The number of fused-ring (bicyclic) bond motifs is 4. The van der Waals surface area contributed by atoms with E-state index < -0.39 is 22.4 Å². The van der Waals surface area contributed by atoms with Gasteiger partial charge < -0.3 is 24.1 Å². The van der Waals surface area contributed by atoms with Gasteiger partial charge in [-0.3, -0.25) is 0 Å². The zero-order chi connectivity index (χ0) is 19.5. The van der Waals surface area contributed by atoms with E-state index >= 15 is 0 Å². The van der Waals surface area contributed by atoms with E-state index in [1.807, 2.05) is 0 Å². The average Bonchev–Trinajstić information content (AvgIpc) is 3.54. The fourth-order valence-corrected chi connectivity index (χ4v) is 8.28. The maximum atomic E-state index is 12.2. The number of cyclic esters (lactones) is 1. The molecule has 7 rings (SSSR count). The first-order valence-electron chi connectivity index (χ1n) is 10.5. The van der Waals surface area contributed by atoms with Crippen molar-refractivity contribution in [3.05, 3.63) is 23.8 Å². The van der Waals surface area contributed by atoms with E-state index in [9.17, 15) is 9.90 Å². The normalized spacial score (nSPS) is 62.0. The van der Waals surface area contributed by atoms with Crippen molar-refractivity contribution in [1.82, 2.24) is 0 Å². The number of hydrogen-bond acceptors (Lipinski definition) is 6. The molecule has 0 bridgehead atoms. The van der Waals surface area contributed by atoms with Crippen molar-refractivity contribution in [3.63, 3.8) is 0 Å². The van der Waals surface area contributed by atoms with Crippen molar-refractivity contribution in [2.24, 2.45) is 17.3 Å². The zero-order valence-electron chi connectivity index (χ0n) is 16.5. The lowest BCUT2D eigenvalue weighted by molar-refractivity contribution is -0.140. The third kappa shape index (κ3) is 1.21. The molecule has 5 fully saturated rings. The molecule has 6 heteroatoms. The first-order chi connectivity index (χ1) is 13.2. The summed E-state index contributed by atoms with van der Waals surface area (Å²) in [5, 5.41) is 12.1. The highest BCUT2D eigenvalue weighted by Gasteiger charge is 3.03. The summed E-state index contributed by atoms with van der Waals surface area (Å²) >= 11 is 0. The van der Waals surface area contributed by atoms with Crippen molar-refractivity contribution in [2.75, 3.05) is 6.61 Å². The molecule has 0 radical (unpaired) electrons. The topological polar surface area (TPSA) is 84.1 Å². The Morgan fingerprint density at radius 3 is 2.71 bits per heavy atom. The molecule has 9 atom stereocenters. The predicted octanol–water partition coefficient (Wildman–Crippen LogP) is 1.66. The Labute approximate surface area is 163 Å². The third-order valence-corrected chi connectivity index (χ3v) is 9.58. The number of aliphatic hydroxyl groups is 1. The molecule has 2 spiro atoms. The van der Waals surface area contributed by atoms with Crippen LogP contribution in [0.4, 0.5) is 0 Å². The number of carbonyl (C=O) groups excluding carboxylic acids is 1. The summed E-state index contributed by atoms with van der Waals surface area (Å²) in [5.41, 5.74) is -1.63. The fourth-order valence-electron chi connectivity index (χ4n) is 8.28. The highest BCUT2D eigenvalue weighted by molar-refractivity contribution is 5.92. The Balaban J connectivity index is 1.43. The van der Waals surface area contributed by atoms with Crippen LogP contribution in [0.25, 0.3) is 0 Å². The fraction of sp³-hybridized carbons (Fsp3) is 0.773. The van der Waals surface area contributed by atoms with Gasteiger partial charge in [0, 0.05) is 11.0 Å². The number of epoxide rings is 3. The second-order valence-corrected chi connectivity index (χ2v) is 10.4. The van der Waals surface area contributed by atoms with Gasteiger partial charge in [0.15, 0.2) is 5.60 Å². The lowest BCUT2D eigenvalue weighted by atomic mass is 9.44. The average molecular weight is 386 g/mol. The molecule has 3 saturated heterocycles. The van der Waals surface area contributed by atoms with E-state index in [-0.39, 0.29) is 41.5 Å². The van der Waals surface area contributed by atoms with Gasteiger partial charge in [-0.2, -0.15) is 0 Å². The zero-order valence-corrected chi connectivity index (χ0v) is 16.5. The Hall–Kier alpha value is -1.21. The van der Waals surface area contributed by atoms with E-state index in [0.717, 1.165) is 24.0 Å². The first-order valence-corrected chi connectivity index (χ1v) is 10.5. The van der Waals surface area contributed by atoms with Gasteiger partial charge in [-0.1, -0.05) is 26.8 Å². The minimum absolute atomic E-state index is 0.0758. The minimum Gasteiger partial charge on any atom is -0.458 e. The molecule has 0 aromatic heterocycles. The molecule has 0 aromatic rings. The number of hydrogen-bond donors (Lipinski definition) is 1.